The first-order valence-electron chi connectivity index (χ1n) is 8.56. The van der Waals surface area contributed by atoms with Crippen LogP contribution in [-0.2, 0) is 0 Å². The van der Waals surface area contributed by atoms with E-state index in [1.165, 1.54) is 12.1 Å². The lowest BCUT2D eigenvalue weighted by Crippen LogP contribution is -2.03. The number of thioether (sulfide) groups is 1. The number of hydrogen-bond acceptors (Lipinski definition) is 5. The lowest BCUT2D eigenvalue weighted by molar-refractivity contribution is -0.0328. The van der Waals surface area contributed by atoms with Gasteiger partial charge in [0, 0.05) is 20.4 Å². The Morgan fingerprint density at radius 2 is 1.79 bits per heavy atom. The van der Waals surface area contributed by atoms with Crippen molar-refractivity contribution in [3.8, 4) is 10.4 Å². The number of hydrogen-bond donors (Lipinski definition) is 1. The average Bonchev–Trinajstić information content (AvgIpc) is 3.16. The van der Waals surface area contributed by atoms with Gasteiger partial charge in [-0.1, -0.05) is 30.8 Å². The van der Waals surface area contributed by atoms with Gasteiger partial charge < -0.3 is 5.32 Å². The second-order valence-corrected chi connectivity index (χ2v) is 9.71. The van der Waals surface area contributed by atoms with Gasteiger partial charge in [0.2, 0.25) is 0 Å². The van der Waals surface area contributed by atoms with Crippen molar-refractivity contribution in [2.75, 3.05) is 19.4 Å². The molecule has 0 aliphatic heterocycles. The molecule has 3 rings (SSSR count). The van der Waals surface area contributed by atoms with Crippen LogP contribution in [0.5, 0.6) is 0 Å². The second kappa shape index (κ2) is 9.30. The minimum Gasteiger partial charge on any atom is -0.355 e. The molecule has 8 heteroatoms. The summed E-state index contributed by atoms with van der Waals surface area (Å²) in [5, 5.41) is 5.37. The third-order valence-corrected chi connectivity index (χ3v) is 6.36. The summed E-state index contributed by atoms with van der Waals surface area (Å²) in [5.41, 5.74) is -0.947. The van der Waals surface area contributed by atoms with Crippen molar-refractivity contribution >= 4 is 46.4 Å². The highest BCUT2D eigenvalue weighted by molar-refractivity contribution is 8.00. The van der Waals surface area contributed by atoms with Crippen LogP contribution in [0.15, 0.2) is 76.3 Å². The molecule has 2 nitrogen and oxygen atoms in total. The summed E-state index contributed by atoms with van der Waals surface area (Å²) in [6, 6.07) is 16.5. The smallest absolute Gasteiger partial charge is 0.355 e. The lowest BCUT2D eigenvalue weighted by atomic mass is 10.1. The van der Waals surface area contributed by atoms with E-state index in [-0.39, 0.29) is 16.7 Å². The Morgan fingerprint density at radius 3 is 2.38 bits per heavy atom. The number of benzene rings is 2. The van der Waals surface area contributed by atoms with Crippen LogP contribution in [-0.4, -0.2) is 23.9 Å². The van der Waals surface area contributed by atoms with Crippen molar-refractivity contribution in [2.45, 2.75) is 15.3 Å². The number of nitrogens with one attached hydrogen (secondary N) is 1. The summed E-state index contributed by atoms with van der Waals surface area (Å²) < 4.78 is 39.6. The van der Waals surface area contributed by atoms with Crippen molar-refractivity contribution in [3.63, 3.8) is 0 Å². The van der Waals surface area contributed by atoms with E-state index in [4.69, 9.17) is 0 Å². The zero-order chi connectivity index (χ0) is 21.0. The zero-order valence-corrected chi connectivity index (χ0v) is 18.2. The quantitative estimate of drug-likeness (QED) is 0.292. The fourth-order valence-corrected chi connectivity index (χ4v) is 4.59. The first-order chi connectivity index (χ1) is 13.7. The molecule has 152 valence electrons. The standard InChI is InChI=1S/C21H19F3N2S3/c1-14(15-6-9-17(10-7-15)28-21(22,23)24)25-18-13-16(19-5-4-12-27-19)8-11-20(18)29-26(2)3/h4-13,25H,1H2,2-3H3. The molecule has 0 aliphatic carbocycles. The minimum absolute atomic E-state index is 0.123. The number of thiophene rings is 1. The Labute approximate surface area is 181 Å². The molecule has 0 unspecified atom stereocenters. The van der Waals surface area contributed by atoms with E-state index in [1.54, 1.807) is 35.4 Å². The predicted molar refractivity (Wildman–Crippen MR) is 120 cm³/mol. The fourth-order valence-electron chi connectivity index (χ4n) is 2.59. The summed E-state index contributed by atoms with van der Waals surface area (Å²) in [6.45, 7) is 4.08. The maximum Gasteiger partial charge on any atom is 0.446 e. The molecule has 0 aliphatic rings. The minimum atomic E-state index is -4.29. The van der Waals surface area contributed by atoms with Gasteiger partial charge in [0.15, 0.2) is 0 Å². The summed E-state index contributed by atoms with van der Waals surface area (Å²) in [5.74, 6) is 0. The summed E-state index contributed by atoms with van der Waals surface area (Å²) in [6.07, 6.45) is 0. The number of rotatable bonds is 7. The van der Waals surface area contributed by atoms with Crippen molar-refractivity contribution in [2.24, 2.45) is 0 Å². The molecule has 0 atom stereocenters. The van der Waals surface area contributed by atoms with Crippen LogP contribution in [0.25, 0.3) is 16.1 Å². The molecule has 2 aromatic carbocycles. The largest absolute Gasteiger partial charge is 0.446 e. The zero-order valence-electron chi connectivity index (χ0n) is 15.8. The Hall–Kier alpha value is -1.87. The SMILES string of the molecule is C=C(Nc1cc(-c2cccs2)ccc1SN(C)C)c1ccc(SC(F)(F)F)cc1. The molecule has 0 amide bonds. The van der Waals surface area contributed by atoms with Crippen molar-refractivity contribution < 1.29 is 13.2 Å². The molecule has 0 spiro atoms. The maximum atomic E-state index is 12.5. The molecule has 1 N–H and O–H groups in total. The molecule has 1 heterocycles. The van der Waals surface area contributed by atoms with E-state index in [0.29, 0.717) is 5.70 Å². The molecule has 0 saturated carbocycles. The Kier molecular flexibility index (Phi) is 7.00. The number of anilines is 1. The molecule has 0 fully saturated rings. The predicted octanol–water partition coefficient (Wildman–Crippen LogP) is 7.68. The van der Waals surface area contributed by atoms with Crippen LogP contribution >= 0.6 is 35.0 Å². The average molecular weight is 453 g/mol. The van der Waals surface area contributed by atoms with Crippen LogP contribution < -0.4 is 5.32 Å². The molecule has 1 aromatic heterocycles. The van der Waals surface area contributed by atoms with E-state index < -0.39 is 5.51 Å². The third-order valence-electron chi connectivity index (χ3n) is 3.79. The topological polar surface area (TPSA) is 15.3 Å². The molecular formula is C21H19F3N2S3. The van der Waals surface area contributed by atoms with Crippen molar-refractivity contribution in [3.05, 3.63) is 72.1 Å². The third kappa shape index (κ3) is 6.30. The molecule has 0 saturated heterocycles. The van der Waals surface area contributed by atoms with Gasteiger partial charge in [-0.25, -0.2) is 0 Å². The van der Waals surface area contributed by atoms with Gasteiger partial charge in [0.1, 0.15) is 0 Å². The van der Waals surface area contributed by atoms with Crippen molar-refractivity contribution in [1.82, 2.24) is 4.31 Å². The van der Waals surface area contributed by atoms with Gasteiger partial charge in [0.25, 0.3) is 0 Å². The summed E-state index contributed by atoms with van der Waals surface area (Å²) in [7, 11) is 3.93. The van der Waals surface area contributed by atoms with Crippen LogP contribution in [0.3, 0.4) is 0 Å². The van der Waals surface area contributed by atoms with E-state index in [0.717, 1.165) is 26.6 Å². The molecular weight excluding hydrogens is 433 g/mol. The highest BCUT2D eigenvalue weighted by Gasteiger charge is 2.29. The molecule has 29 heavy (non-hydrogen) atoms. The van der Waals surface area contributed by atoms with Gasteiger partial charge in [-0.3, -0.25) is 4.31 Å². The highest BCUT2D eigenvalue weighted by Crippen LogP contribution is 2.38. The van der Waals surface area contributed by atoms with Gasteiger partial charge in [-0.05, 0) is 84.6 Å². The Balaban J connectivity index is 1.83. The number of nitrogens with zero attached hydrogens (tertiary/aromatic N) is 1. The van der Waals surface area contributed by atoms with Crippen LogP contribution in [0.2, 0.25) is 0 Å². The lowest BCUT2D eigenvalue weighted by Gasteiger charge is -2.17. The van der Waals surface area contributed by atoms with Crippen LogP contribution in [0.1, 0.15) is 5.56 Å². The summed E-state index contributed by atoms with van der Waals surface area (Å²) in [4.78, 5) is 2.34. The van der Waals surface area contributed by atoms with Crippen LogP contribution in [0, 0.1) is 0 Å². The van der Waals surface area contributed by atoms with Gasteiger partial charge in [-0.15, -0.1) is 11.3 Å². The first-order valence-corrected chi connectivity index (χ1v) is 11.0. The van der Waals surface area contributed by atoms with Gasteiger partial charge >= 0.3 is 5.51 Å². The maximum absolute atomic E-state index is 12.5. The number of alkyl halides is 3. The first kappa shape index (κ1) is 21.8. The highest BCUT2D eigenvalue weighted by atomic mass is 32.2. The van der Waals surface area contributed by atoms with Crippen LogP contribution in [0.4, 0.5) is 18.9 Å². The van der Waals surface area contributed by atoms with Gasteiger partial charge in [0.05, 0.1) is 5.69 Å². The number of halogens is 3. The Bertz CT molecular complexity index is 966. The molecule has 0 bridgehead atoms. The van der Waals surface area contributed by atoms with E-state index in [2.05, 4.69) is 36.2 Å². The van der Waals surface area contributed by atoms with E-state index in [1.807, 2.05) is 29.8 Å². The van der Waals surface area contributed by atoms with E-state index >= 15 is 0 Å². The second-order valence-electron chi connectivity index (χ2n) is 6.27. The fraction of sp³-hybridized carbons (Fsp3) is 0.143. The monoisotopic (exact) mass is 452 g/mol. The van der Waals surface area contributed by atoms with Crippen molar-refractivity contribution in [1.29, 1.82) is 0 Å². The van der Waals surface area contributed by atoms with E-state index in [9.17, 15) is 13.2 Å². The normalized spacial score (nSPS) is 11.7. The summed E-state index contributed by atoms with van der Waals surface area (Å²) >= 11 is 3.12. The molecule has 3 aromatic rings. The molecule has 0 radical (unpaired) electrons. The Morgan fingerprint density at radius 1 is 1.07 bits per heavy atom. The van der Waals surface area contributed by atoms with Gasteiger partial charge in [-0.2, -0.15) is 13.2 Å².